The van der Waals surface area contributed by atoms with Gasteiger partial charge in [-0.05, 0) is 25.9 Å². The van der Waals surface area contributed by atoms with Crippen LogP contribution in [0.5, 0.6) is 0 Å². The van der Waals surface area contributed by atoms with Crippen LogP contribution in [0.25, 0.3) is 0 Å². The zero-order valence-corrected chi connectivity index (χ0v) is 9.44. The molecule has 0 aliphatic carbocycles. The van der Waals surface area contributed by atoms with Crippen LogP contribution in [0.4, 0.5) is 0 Å². The van der Waals surface area contributed by atoms with Crippen LogP contribution >= 0.6 is 0 Å². The highest BCUT2D eigenvalue weighted by molar-refractivity contribution is 5.12. The lowest BCUT2D eigenvalue weighted by Crippen LogP contribution is -2.34. The molecule has 0 N–H and O–H groups in total. The minimum absolute atomic E-state index is 0.225. The molecule has 0 saturated carbocycles. The third-order valence-electron chi connectivity index (χ3n) is 2.63. The van der Waals surface area contributed by atoms with Gasteiger partial charge in [0.2, 0.25) is 0 Å². The number of likely N-dealkylation sites (N-methyl/N-ethyl adjacent to an activating group) is 1. The Morgan fingerprint density at radius 3 is 2.08 bits per heavy atom. The summed E-state index contributed by atoms with van der Waals surface area (Å²) in [6.07, 6.45) is 0. The molecule has 0 spiro atoms. The Balaban J connectivity index is 4.30. The van der Waals surface area contributed by atoms with Gasteiger partial charge in [0.1, 0.15) is 0 Å². The maximum absolute atomic E-state index is 4.15. The minimum atomic E-state index is 0.225. The Morgan fingerprint density at radius 1 is 1.42 bits per heavy atom. The average molecular weight is 169 g/mol. The Morgan fingerprint density at radius 2 is 1.83 bits per heavy atom. The van der Waals surface area contributed by atoms with Crippen molar-refractivity contribution in [3.63, 3.8) is 0 Å². The van der Waals surface area contributed by atoms with E-state index < -0.39 is 0 Å². The van der Waals surface area contributed by atoms with Gasteiger partial charge in [0.25, 0.3) is 0 Å². The first-order chi connectivity index (χ1) is 5.30. The highest BCUT2D eigenvalue weighted by Crippen LogP contribution is 2.27. The molecule has 0 fully saturated rings. The number of rotatable bonds is 3. The molecule has 0 radical (unpaired) electrons. The molecule has 0 aromatic heterocycles. The van der Waals surface area contributed by atoms with Crippen molar-refractivity contribution in [1.29, 1.82) is 0 Å². The second-order valence-corrected chi connectivity index (χ2v) is 4.52. The van der Waals surface area contributed by atoms with Gasteiger partial charge in [-0.3, -0.25) is 0 Å². The standard InChI is InChI=1S/C11H23N/c1-8-12(7)10(3)9(2)11(4,5)6/h10H,2,8H2,1,3-7H3. The topological polar surface area (TPSA) is 3.24 Å². The molecule has 72 valence electrons. The molecule has 1 nitrogen and oxygen atoms in total. The van der Waals surface area contributed by atoms with E-state index in [9.17, 15) is 0 Å². The quantitative estimate of drug-likeness (QED) is 0.587. The van der Waals surface area contributed by atoms with Crippen molar-refractivity contribution in [2.45, 2.75) is 40.7 Å². The Hall–Kier alpha value is -0.300. The summed E-state index contributed by atoms with van der Waals surface area (Å²) in [5, 5.41) is 0. The predicted molar refractivity (Wildman–Crippen MR) is 56.4 cm³/mol. The fourth-order valence-electron chi connectivity index (χ4n) is 1.17. The average Bonchev–Trinajstić information content (AvgIpc) is 1.98. The van der Waals surface area contributed by atoms with E-state index in [1.165, 1.54) is 5.57 Å². The lowest BCUT2D eigenvalue weighted by atomic mass is 9.83. The maximum atomic E-state index is 4.15. The van der Waals surface area contributed by atoms with Gasteiger partial charge in [-0.2, -0.15) is 0 Å². The molecule has 0 saturated heterocycles. The molecule has 0 aromatic rings. The summed E-state index contributed by atoms with van der Waals surface area (Å²) in [7, 11) is 2.14. The zero-order chi connectivity index (χ0) is 9.94. The van der Waals surface area contributed by atoms with Gasteiger partial charge in [0, 0.05) is 6.04 Å². The summed E-state index contributed by atoms with van der Waals surface area (Å²) >= 11 is 0. The van der Waals surface area contributed by atoms with Gasteiger partial charge < -0.3 is 4.90 Å². The van der Waals surface area contributed by atoms with Crippen LogP contribution in [0.3, 0.4) is 0 Å². The van der Waals surface area contributed by atoms with E-state index in [2.05, 4.69) is 53.1 Å². The normalized spacial score (nSPS) is 14.9. The number of nitrogens with zero attached hydrogens (tertiary/aromatic N) is 1. The molecule has 0 rings (SSSR count). The molecule has 0 aromatic carbocycles. The van der Waals surface area contributed by atoms with E-state index in [4.69, 9.17) is 0 Å². The van der Waals surface area contributed by atoms with Crippen molar-refractivity contribution >= 4 is 0 Å². The van der Waals surface area contributed by atoms with Crippen molar-refractivity contribution in [2.75, 3.05) is 13.6 Å². The summed E-state index contributed by atoms with van der Waals surface area (Å²) < 4.78 is 0. The summed E-state index contributed by atoms with van der Waals surface area (Å²) in [6.45, 7) is 16.3. The van der Waals surface area contributed by atoms with E-state index >= 15 is 0 Å². The summed E-state index contributed by atoms with van der Waals surface area (Å²) in [5.74, 6) is 0. The van der Waals surface area contributed by atoms with Gasteiger partial charge in [-0.15, -0.1) is 0 Å². The van der Waals surface area contributed by atoms with E-state index in [0.29, 0.717) is 6.04 Å². The zero-order valence-electron chi connectivity index (χ0n) is 9.44. The van der Waals surface area contributed by atoms with E-state index in [-0.39, 0.29) is 5.41 Å². The van der Waals surface area contributed by atoms with Crippen LogP contribution in [-0.4, -0.2) is 24.5 Å². The summed E-state index contributed by atoms with van der Waals surface area (Å²) in [5.41, 5.74) is 1.54. The highest BCUT2D eigenvalue weighted by Gasteiger charge is 2.21. The summed E-state index contributed by atoms with van der Waals surface area (Å²) in [6, 6.07) is 0.481. The lowest BCUT2D eigenvalue weighted by molar-refractivity contribution is 0.270. The lowest BCUT2D eigenvalue weighted by Gasteiger charge is -2.32. The maximum Gasteiger partial charge on any atom is 0.0278 e. The Bertz CT molecular complexity index is 153. The first-order valence-corrected chi connectivity index (χ1v) is 4.70. The first kappa shape index (κ1) is 11.7. The monoisotopic (exact) mass is 169 g/mol. The summed E-state index contributed by atoms with van der Waals surface area (Å²) in [4.78, 5) is 2.31. The van der Waals surface area contributed by atoms with Gasteiger partial charge in [0.05, 0.1) is 0 Å². The largest absolute Gasteiger partial charge is 0.300 e. The van der Waals surface area contributed by atoms with E-state index in [0.717, 1.165) is 6.54 Å². The van der Waals surface area contributed by atoms with Crippen molar-refractivity contribution < 1.29 is 0 Å². The van der Waals surface area contributed by atoms with Gasteiger partial charge in [0.15, 0.2) is 0 Å². The van der Waals surface area contributed by atoms with Crippen molar-refractivity contribution in [2.24, 2.45) is 5.41 Å². The molecule has 12 heavy (non-hydrogen) atoms. The molecule has 0 aliphatic rings. The molecule has 0 heterocycles. The third-order valence-corrected chi connectivity index (χ3v) is 2.63. The van der Waals surface area contributed by atoms with Gasteiger partial charge >= 0.3 is 0 Å². The van der Waals surface area contributed by atoms with Crippen molar-refractivity contribution in [3.8, 4) is 0 Å². The minimum Gasteiger partial charge on any atom is -0.300 e. The van der Waals surface area contributed by atoms with Gasteiger partial charge in [-0.1, -0.05) is 39.8 Å². The molecule has 1 unspecified atom stereocenters. The smallest absolute Gasteiger partial charge is 0.0278 e. The second-order valence-electron chi connectivity index (χ2n) is 4.52. The Kier molecular flexibility index (Phi) is 3.98. The molecule has 1 heteroatoms. The van der Waals surface area contributed by atoms with E-state index in [1.54, 1.807) is 0 Å². The molecule has 1 atom stereocenters. The molecule has 0 amide bonds. The van der Waals surface area contributed by atoms with Crippen LogP contribution in [0, 0.1) is 5.41 Å². The number of hydrogen-bond acceptors (Lipinski definition) is 1. The van der Waals surface area contributed by atoms with Crippen LogP contribution in [0.15, 0.2) is 12.2 Å². The first-order valence-electron chi connectivity index (χ1n) is 4.70. The molecule has 0 aliphatic heterocycles. The molecule has 0 bridgehead atoms. The SMILES string of the molecule is C=C(C(C)N(C)CC)C(C)(C)C. The molecular weight excluding hydrogens is 146 g/mol. The van der Waals surface area contributed by atoms with Gasteiger partial charge in [-0.25, -0.2) is 0 Å². The predicted octanol–water partition coefficient (Wildman–Crippen LogP) is 2.93. The Labute approximate surface area is 77.5 Å². The van der Waals surface area contributed by atoms with Crippen LogP contribution in [0.2, 0.25) is 0 Å². The highest BCUT2D eigenvalue weighted by atomic mass is 15.1. The van der Waals surface area contributed by atoms with Crippen molar-refractivity contribution in [1.82, 2.24) is 4.90 Å². The van der Waals surface area contributed by atoms with Crippen molar-refractivity contribution in [3.05, 3.63) is 12.2 Å². The third kappa shape index (κ3) is 2.98. The van der Waals surface area contributed by atoms with E-state index in [1.807, 2.05) is 0 Å². The van der Waals surface area contributed by atoms with Crippen LogP contribution < -0.4 is 0 Å². The number of hydrogen-bond donors (Lipinski definition) is 0. The fourth-order valence-corrected chi connectivity index (χ4v) is 1.17. The van der Waals surface area contributed by atoms with Crippen LogP contribution in [0.1, 0.15) is 34.6 Å². The second kappa shape index (κ2) is 4.08. The van der Waals surface area contributed by atoms with Crippen LogP contribution in [-0.2, 0) is 0 Å². The molecular formula is C11H23N. The fraction of sp³-hybridized carbons (Fsp3) is 0.818.